The van der Waals surface area contributed by atoms with Crippen LogP contribution in [0.4, 0.5) is 29.2 Å². The third kappa shape index (κ3) is 5.29. The number of hydrogen-bond donors (Lipinski definition) is 1. The quantitative estimate of drug-likeness (QED) is 0.266. The first-order valence-electron chi connectivity index (χ1n) is 10.2. The van der Waals surface area contributed by atoms with E-state index in [9.17, 15) is 22.4 Å². The molecule has 186 valence electrons. The highest BCUT2D eigenvalue weighted by Crippen LogP contribution is 2.31. The number of aromatic nitrogens is 4. The lowest BCUT2D eigenvalue weighted by atomic mass is 10.0. The van der Waals surface area contributed by atoms with Gasteiger partial charge < -0.3 is 5.32 Å². The number of alkyl halides is 3. The molecule has 0 bridgehead atoms. The van der Waals surface area contributed by atoms with Gasteiger partial charge in [-0.3, -0.25) is 9.63 Å². The van der Waals surface area contributed by atoms with Crippen LogP contribution in [0.5, 0.6) is 0 Å². The fourth-order valence-corrected chi connectivity index (χ4v) is 3.37. The van der Waals surface area contributed by atoms with Crippen molar-refractivity contribution in [3.63, 3.8) is 0 Å². The molecule has 0 unspecified atom stereocenters. The summed E-state index contributed by atoms with van der Waals surface area (Å²) >= 11 is 5.81. The van der Waals surface area contributed by atoms with Crippen LogP contribution in [0.3, 0.4) is 0 Å². The number of amides is 1. The molecule has 0 spiro atoms. The van der Waals surface area contributed by atoms with Crippen molar-refractivity contribution in [3.8, 4) is 16.9 Å². The van der Waals surface area contributed by atoms with Gasteiger partial charge in [-0.15, -0.1) is 0 Å². The Labute approximate surface area is 207 Å². The number of benzene rings is 2. The monoisotopic (exact) mass is 520 g/mol. The number of carbonyl (C=O) groups excluding carboxylic acids is 1. The number of hydrogen-bond acceptors (Lipinski definition) is 6. The highest BCUT2D eigenvalue weighted by atomic mass is 35.5. The normalized spacial score (nSPS) is 11.4. The second-order valence-electron chi connectivity index (χ2n) is 7.39. The Hall–Kier alpha value is -4.03. The van der Waals surface area contributed by atoms with Crippen LogP contribution in [0.1, 0.15) is 16.1 Å². The molecule has 4 aromatic rings. The molecule has 8 nitrogen and oxygen atoms in total. The van der Waals surface area contributed by atoms with E-state index in [-0.39, 0.29) is 22.4 Å². The maximum absolute atomic E-state index is 13.5. The SMILES string of the molecule is CON(C)C(=O)c1cccc(-c2cnc(Nc3ccc(F)c(Cl)c3)nc2-n2ccc(C(F)(F)F)n2)c1. The van der Waals surface area contributed by atoms with Gasteiger partial charge in [0.25, 0.3) is 5.91 Å². The number of nitrogens with one attached hydrogen (secondary N) is 1. The molecule has 13 heteroatoms. The molecule has 0 radical (unpaired) electrons. The summed E-state index contributed by atoms with van der Waals surface area (Å²) in [5, 5.41) is 7.35. The average molecular weight is 521 g/mol. The van der Waals surface area contributed by atoms with Gasteiger partial charge in [0.15, 0.2) is 11.5 Å². The smallest absolute Gasteiger partial charge is 0.324 e. The van der Waals surface area contributed by atoms with Crippen LogP contribution in [0, 0.1) is 5.82 Å². The maximum Gasteiger partial charge on any atom is 0.435 e. The minimum atomic E-state index is -4.67. The lowest BCUT2D eigenvalue weighted by Gasteiger charge is -2.15. The fourth-order valence-electron chi connectivity index (χ4n) is 3.19. The largest absolute Gasteiger partial charge is 0.435 e. The molecular formula is C23H17ClF4N6O2. The molecule has 0 saturated heterocycles. The van der Waals surface area contributed by atoms with Crippen molar-refractivity contribution in [1.82, 2.24) is 24.8 Å². The van der Waals surface area contributed by atoms with Gasteiger partial charge in [-0.2, -0.15) is 23.3 Å². The molecule has 4 rings (SSSR count). The average Bonchev–Trinajstić information content (AvgIpc) is 3.36. The predicted octanol–water partition coefficient (Wildman–Crippen LogP) is 5.52. The summed E-state index contributed by atoms with van der Waals surface area (Å²) in [6, 6.07) is 11.0. The van der Waals surface area contributed by atoms with Crippen LogP contribution in [0.15, 0.2) is 60.9 Å². The first-order valence-corrected chi connectivity index (χ1v) is 10.6. The van der Waals surface area contributed by atoms with E-state index in [1.165, 1.54) is 38.6 Å². The van der Waals surface area contributed by atoms with Crippen molar-refractivity contribution in [1.29, 1.82) is 0 Å². The van der Waals surface area contributed by atoms with E-state index in [1.807, 2.05) is 0 Å². The fraction of sp³-hybridized carbons (Fsp3) is 0.130. The topological polar surface area (TPSA) is 85.2 Å². The summed E-state index contributed by atoms with van der Waals surface area (Å²) in [7, 11) is 2.78. The molecule has 1 N–H and O–H groups in total. The maximum atomic E-state index is 13.5. The van der Waals surface area contributed by atoms with Crippen LogP contribution in [-0.4, -0.2) is 44.9 Å². The molecule has 2 aromatic carbocycles. The summed E-state index contributed by atoms with van der Waals surface area (Å²) in [6.07, 6.45) is -2.18. The Morgan fingerprint density at radius 3 is 2.61 bits per heavy atom. The van der Waals surface area contributed by atoms with E-state index in [2.05, 4.69) is 20.4 Å². The van der Waals surface area contributed by atoms with Gasteiger partial charge in [0.05, 0.1) is 12.1 Å². The molecule has 1 amide bonds. The van der Waals surface area contributed by atoms with E-state index in [4.69, 9.17) is 16.4 Å². The van der Waals surface area contributed by atoms with Gasteiger partial charge >= 0.3 is 6.18 Å². The lowest BCUT2D eigenvalue weighted by molar-refractivity contribution is -0.141. The zero-order valence-electron chi connectivity index (χ0n) is 18.7. The van der Waals surface area contributed by atoms with Gasteiger partial charge in [0, 0.05) is 36.3 Å². The molecule has 2 heterocycles. The molecule has 0 aliphatic heterocycles. The molecule has 0 aliphatic carbocycles. The number of halogens is 5. The Morgan fingerprint density at radius 1 is 1.17 bits per heavy atom. The minimum absolute atomic E-state index is 0.000837. The Morgan fingerprint density at radius 2 is 1.94 bits per heavy atom. The van der Waals surface area contributed by atoms with Gasteiger partial charge in [-0.05, 0) is 42.0 Å². The van der Waals surface area contributed by atoms with Crippen LogP contribution in [0.25, 0.3) is 16.9 Å². The molecule has 0 fully saturated rings. The molecule has 2 aromatic heterocycles. The Kier molecular flexibility index (Phi) is 6.91. The number of hydroxylamine groups is 2. The van der Waals surface area contributed by atoms with Crippen LogP contribution in [0.2, 0.25) is 5.02 Å². The summed E-state index contributed by atoms with van der Waals surface area (Å²) in [6.45, 7) is 0. The van der Waals surface area contributed by atoms with Crippen molar-refractivity contribution >= 4 is 29.1 Å². The van der Waals surface area contributed by atoms with Gasteiger partial charge in [0.2, 0.25) is 5.95 Å². The molecule has 36 heavy (non-hydrogen) atoms. The highest BCUT2D eigenvalue weighted by molar-refractivity contribution is 6.31. The van der Waals surface area contributed by atoms with Gasteiger partial charge in [-0.1, -0.05) is 23.7 Å². The van der Waals surface area contributed by atoms with E-state index in [0.29, 0.717) is 16.8 Å². The van der Waals surface area contributed by atoms with Crippen LogP contribution in [-0.2, 0) is 11.0 Å². The lowest BCUT2D eigenvalue weighted by Crippen LogP contribution is -2.25. The number of rotatable bonds is 6. The first-order chi connectivity index (χ1) is 17.1. The molecule has 0 aliphatic rings. The zero-order valence-corrected chi connectivity index (χ0v) is 19.5. The minimum Gasteiger partial charge on any atom is -0.324 e. The third-order valence-corrected chi connectivity index (χ3v) is 5.31. The standard InChI is InChI=1S/C23H17ClF4N6O2/c1-33(36-2)21(35)14-5-3-4-13(10-14)16-12-29-22(30-15-6-7-18(25)17(24)11-15)31-20(16)34-9-8-19(32-34)23(26,27)28/h3-12H,1-2H3,(H,29,30,31). The Bertz CT molecular complexity index is 1430. The summed E-state index contributed by atoms with van der Waals surface area (Å²) in [5.74, 6) is -1.07. The molecular weight excluding hydrogens is 504 g/mol. The third-order valence-electron chi connectivity index (χ3n) is 5.02. The van der Waals surface area contributed by atoms with E-state index < -0.39 is 23.6 Å². The molecule has 0 atom stereocenters. The van der Waals surface area contributed by atoms with Crippen molar-refractivity contribution in [2.24, 2.45) is 0 Å². The second kappa shape index (κ2) is 9.91. The van der Waals surface area contributed by atoms with E-state index in [0.717, 1.165) is 28.1 Å². The number of anilines is 2. The predicted molar refractivity (Wildman–Crippen MR) is 123 cm³/mol. The Balaban J connectivity index is 1.81. The zero-order chi connectivity index (χ0) is 26.0. The highest BCUT2D eigenvalue weighted by Gasteiger charge is 2.34. The molecule has 0 saturated carbocycles. The van der Waals surface area contributed by atoms with E-state index >= 15 is 0 Å². The van der Waals surface area contributed by atoms with Crippen LogP contribution < -0.4 is 5.32 Å². The van der Waals surface area contributed by atoms with Gasteiger partial charge in [0.1, 0.15) is 5.82 Å². The number of carbonyl (C=O) groups is 1. The number of nitrogens with zero attached hydrogens (tertiary/aromatic N) is 5. The van der Waals surface area contributed by atoms with Gasteiger partial charge in [-0.25, -0.2) is 19.1 Å². The summed E-state index contributed by atoms with van der Waals surface area (Å²) in [4.78, 5) is 26.0. The van der Waals surface area contributed by atoms with E-state index in [1.54, 1.807) is 18.2 Å². The summed E-state index contributed by atoms with van der Waals surface area (Å²) in [5.41, 5.74) is 0.247. The van der Waals surface area contributed by atoms with Crippen LogP contribution >= 0.6 is 11.6 Å². The first kappa shape index (κ1) is 25.1. The van der Waals surface area contributed by atoms with Crippen molar-refractivity contribution in [2.45, 2.75) is 6.18 Å². The van der Waals surface area contributed by atoms with Crippen molar-refractivity contribution in [2.75, 3.05) is 19.5 Å². The van der Waals surface area contributed by atoms with Crippen molar-refractivity contribution < 1.29 is 27.2 Å². The summed E-state index contributed by atoms with van der Waals surface area (Å²) < 4.78 is 54.1. The van der Waals surface area contributed by atoms with Crippen molar-refractivity contribution in [3.05, 3.63) is 83.0 Å². The second-order valence-corrected chi connectivity index (χ2v) is 7.80.